The second-order valence-corrected chi connectivity index (χ2v) is 6.65. The molecule has 1 aromatic carbocycles. The van der Waals surface area contributed by atoms with E-state index in [-0.39, 0.29) is 30.0 Å². The van der Waals surface area contributed by atoms with Crippen molar-refractivity contribution in [2.75, 3.05) is 20.6 Å². The Bertz CT molecular complexity index is 734. The summed E-state index contributed by atoms with van der Waals surface area (Å²) in [6.07, 6.45) is -4.85. The zero-order valence-electron chi connectivity index (χ0n) is 13.4. The van der Waals surface area contributed by atoms with Gasteiger partial charge in [0.1, 0.15) is 0 Å². The van der Waals surface area contributed by atoms with Crippen LogP contribution in [0.25, 0.3) is 0 Å². The summed E-state index contributed by atoms with van der Waals surface area (Å²) in [6, 6.07) is 2.74. The highest BCUT2D eigenvalue weighted by molar-refractivity contribution is 8.13. The molecule has 0 unspecified atom stereocenters. The number of thioether (sulfide) groups is 1. The van der Waals surface area contributed by atoms with E-state index in [4.69, 9.17) is 0 Å². The minimum Gasteiger partial charge on any atom is -0.478 e. The molecular formula is C15H15F3N2O4S. The van der Waals surface area contributed by atoms with Crippen molar-refractivity contribution in [1.82, 2.24) is 9.80 Å². The lowest BCUT2D eigenvalue weighted by atomic mass is 9.97. The number of benzene rings is 1. The van der Waals surface area contributed by atoms with Crippen molar-refractivity contribution in [2.45, 2.75) is 24.0 Å². The van der Waals surface area contributed by atoms with E-state index in [2.05, 4.69) is 0 Å². The summed E-state index contributed by atoms with van der Waals surface area (Å²) < 4.78 is 37.8. The molecule has 2 rings (SSSR count). The molecule has 0 saturated carbocycles. The smallest absolute Gasteiger partial charge is 0.471 e. The first-order valence-electron chi connectivity index (χ1n) is 7.15. The molecule has 1 aliphatic heterocycles. The van der Waals surface area contributed by atoms with Crippen LogP contribution in [0.3, 0.4) is 0 Å². The maximum absolute atomic E-state index is 12.6. The number of fused-ring (bicyclic) bond motifs is 1. The summed E-state index contributed by atoms with van der Waals surface area (Å²) in [7, 11) is 3.00. The number of carbonyl (C=O) groups excluding carboxylic acids is 2. The third-order valence-electron chi connectivity index (χ3n) is 3.64. The second kappa shape index (κ2) is 6.95. The number of nitrogens with zero attached hydrogens (tertiary/aromatic N) is 2. The molecule has 1 heterocycles. The zero-order valence-corrected chi connectivity index (χ0v) is 14.2. The summed E-state index contributed by atoms with van der Waals surface area (Å²) in [5.41, 5.74) is 0.878. The van der Waals surface area contributed by atoms with E-state index in [0.29, 0.717) is 27.8 Å². The number of alkyl halides is 3. The summed E-state index contributed by atoms with van der Waals surface area (Å²) in [6.45, 7) is -0.426. The van der Waals surface area contributed by atoms with Crippen LogP contribution in [0.4, 0.5) is 18.0 Å². The predicted molar refractivity (Wildman–Crippen MR) is 83.5 cm³/mol. The molecule has 1 N–H and O–H groups in total. The van der Waals surface area contributed by atoms with Gasteiger partial charge in [0.25, 0.3) is 5.24 Å². The summed E-state index contributed by atoms with van der Waals surface area (Å²) in [4.78, 5) is 36.7. The number of hydrogen-bond acceptors (Lipinski definition) is 4. The molecule has 0 aromatic heterocycles. The highest BCUT2D eigenvalue weighted by atomic mass is 32.2. The Labute approximate surface area is 145 Å². The largest absolute Gasteiger partial charge is 0.478 e. The van der Waals surface area contributed by atoms with Crippen molar-refractivity contribution in [3.05, 3.63) is 28.8 Å². The number of carboxylic acids is 1. The normalized spacial score (nSPS) is 14.0. The first-order chi connectivity index (χ1) is 11.5. The van der Waals surface area contributed by atoms with Crippen molar-refractivity contribution in [3.63, 3.8) is 0 Å². The van der Waals surface area contributed by atoms with Crippen LogP contribution in [-0.4, -0.2) is 58.8 Å². The molecule has 0 aliphatic carbocycles. The topological polar surface area (TPSA) is 77.9 Å². The van der Waals surface area contributed by atoms with Gasteiger partial charge in [-0.3, -0.25) is 9.59 Å². The average Bonchev–Trinajstić information content (AvgIpc) is 2.51. The number of rotatable bonds is 2. The molecule has 1 aliphatic rings. The molecular weight excluding hydrogens is 361 g/mol. The molecule has 0 saturated heterocycles. The Hall–Kier alpha value is -2.23. The first-order valence-corrected chi connectivity index (χ1v) is 7.96. The quantitative estimate of drug-likeness (QED) is 0.803. The van der Waals surface area contributed by atoms with Crippen LogP contribution >= 0.6 is 11.8 Å². The Morgan fingerprint density at radius 1 is 1.20 bits per heavy atom. The lowest BCUT2D eigenvalue weighted by Gasteiger charge is -2.30. The Kier molecular flexibility index (Phi) is 5.31. The van der Waals surface area contributed by atoms with E-state index >= 15 is 0 Å². The minimum atomic E-state index is -4.96. The van der Waals surface area contributed by atoms with Gasteiger partial charge in [0.2, 0.25) is 0 Å². The molecule has 25 heavy (non-hydrogen) atoms. The van der Waals surface area contributed by atoms with Crippen molar-refractivity contribution in [2.24, 2.45) is 0 Å². The standard InChI is InChI=1S/C15H15F3N2O4S/c1-19(2)14(24)25-11-6-9-7-20(13(23)15(16,17)18)4-3-8(9)5-10(11)12(21)22/h5-6H,3-4,7H2,1-2H3,(H,21,22). The number of amides is 2. The molecule has 2 amide bonds. The molecule has 10 heteroatoms. The highest BCUT2D eigenvalue weighted by Crippen LogP contribution is 2.32. The van der Waals surface area contributed by atoms with E-state index in [9.17, 15) is 32.7 Å². The molecule has 0 radical (unpaired) electrons. The summed E-state index contributed by atoms with van der Waals surface area (Å²) in [5, 5.41) is 8.90. The monoisotopic (exact) mass is 376 g/mol. The maximum Gasteiger partial charge on any atom is 0.471 e. The molecule has 0 fully saturated rings. The van der Waals surface area contributed by atoms with Gasteiger partial charge in [-0.05, 0) is 41.4 Å². The number of hydrogen-bond donors (Lipinski definition) is 1. The lowest BCUT2D eigenvalue weighted by molar-refractivity contribution is -0.186. The highest BCUT2D eigenvalue weighted by Gasteiger charge is 2.43. The van der Waals surface area contributed by atoms with Crippen LogP contribution in [0.2, 0.25) is 0 Å². The second-order valence-electron chi connectivity index (χ2n) is 5.66. The van der Waals surface area contributed by atoms with E-state index in [1.807, 2.05) is 0 Å². The Balaban J connectivity index is 2.37. The number of aromatic carboxylic acids is 1. The minimum absolute atomic E-state index is 0.0884. The number of carbonyl (C=O) groups is 3. The Morgan fingerprint density at radius 3 is 2.36 bits per heavy atom. The third kappa shape index (κ3) is 4.25. The molecule has 136 valence electrons. The van der Waals surface area contributed by atoms with Crippen molar-refractivity contribution in [1.29, 1.82) is 0 Å². The van der Waals surface area contributed by atoms with Crippen LogP contribution in [0.15, 0.2) is 17.0 Å². The van der Waals surface area contributed by atoms with Crippen LogP contribution in [-0.2, 0) is 17.8 Å². The first kappa shape index (κ1) is 19.1. The van der Waals surface area contributed by atoms with Crippen molar-refractivity contribution < 1.29 is 32.7 Å². The molecule has 6 nitrogen and oxygen atoms in total. The average molecular weight is 376 g/mol. The molecule has 0 spiro atoms. The zero-order chi connectivity index (χ0) is 18.9. The van der Waals surface area contributed by atoms with E-state index in [1.165, 1.54) is 31.1 Å². The fourth-order valence-corrected chi connectivity index (χ4v) is 3.20. The number of carboxylic acid groups (broad SMARTS) is 1. The Morgan fingerprint density at radius 2 is 1.84 bits per heavy atom. The van der Waals surface area contributed by atoms with Gasteiger partial charge in [0.15, 0.2) is 0 Å². The van der Waals surface area contributed by atoms with Crippen molar-refractivity contribution >= 4 is 28.9 Å². The van der Waals surface area contributed by atoms with Gasteiger partial charge >= 0.3 is 18.1 Å². The van der Waals surface area contributed by atoms with Gasteiger partial charge in [0.05, 0.1) is 5.56 Å². The molecule has 1 aromatic rings. The van der Waals surface area contributed by atoms with Gasteiger partial charge in [-0.1, -0.05) is 0 Å². The van der Waals surface area contributed by atoms with E-state index in [1.54, 1.807) is 0 Å². The van der Waals surface area contributed by atoms with Gasteiger partial charge < -0.3 is 14.9 Å². The van der Waals surface area contributed by atoms with Gasteiger partial charge in [-0.2, -0.15) is 13.2 Å². The van der Waals surface area contributed by atoms with E-state index in [0.717, 1.165) is 0 Å². The van der Waals surface area contributed by atoms with Crippen LogP contribution in [0.1, 0.15) is 21.5 Å². The molecule has 0 bridgehead atoms. The maximum atomic E-state index is 12.6. The van der Waals surface area contributed by atoms with Gasteiger partial charge in [-0.15, -0.1) is 0 Å². The SMILES string of the molecule is CN(C)C(=O)Sc1cc2c(cc1C(=O)O)CCN(C(=O)C(F)(F)F)C2. The van der Waals surface area contributed by atoms with Gasteiger partial charge in [0, 0.05) is 32.1 Å². The predicted octanol–water partition coefficient (Wildman–Crippen LogP) is 2.61. The van der Waals surface area contributed by atoms with Gasteiger partial charge in [-0.25, -0.2) is 4.79 Å². The van der Waals surface area contributed by atoms with Crippen LogP contribution in [0.5, 0.6) is 0 Å². The third-order valence-corrected chi connectivity index (χ3v) is 4.73. The van der Waals surface area contributed by atoms with Crippen molar-refractivity contribution in [3.8, 4) is 0 Å². The van der Waals surface area contributed by atoms with E-state index < -0.39 is 23.3 Å². The van der Waals surface area contributed by atoms with Crippen LogP contribution in [0, 0.1) is 0 Å². The summed E-state index contributed by atoms with van der Waals surface area (Å²) in [5.74, 6) is -3.16. The fourth-order valence-electron chi connectivity index (χ4n) is 2.38. The summed E-state index contributed by atoms with van der Waals surface area (Å²) >= 11 is 0.675. The lowest BCUT2D eigenvalue weighted by Crippen LogP contribution is -2.43. The molecule has 0 atom stereocenters. The fraction of sp³-hybridized carbons (Fsp3) is 0.400. The number of halogens is 3. The van der Waals surface area contributed by atoms with Crippen LogP contribution < -0.4 is 0 Å².